The van der Waals surface area contributed by atoms with Gasteiger partial charge >= 0.3 is 0 Å². The SMILES string of the molecule is CCC1CC(=O)NN=C1c1ccc(NC(=O)Cc2ccccc2)cc1. The third-order valence-electron chi connectivity index (χ3n) is 4.28. The van der Waals surface area contributed by atoms with Gasteiger partial charge in [0.2, 0.25) is 11.8 Å². The Labute approximate surface area is 147 Å². The molecule has 1 atom stereocenters. The minimum atomic E-state index is -0.0485. The molecule has 2 N–H and O–H groups in total. The summed E-state index contributed by atoms with van der Waals surface area (Å²) in [6.07, 6.45) is 1.67. The summed E-state index contributed by atoms with van der Waals surface area (Å²) in [6.45, 7) is 2.05. The first kappa shape index (κ1) is 16.9. The number of carbonyl (C=O) groups excluding carboxylic acids is 2. The lowest BCUT2D eigenvalue weighted by molar-refractivity contribution is -0.122. The van der Waals surface area contributed by atoms with E-state index < -0.39 is 0 Å². The lowest BCUT2D eigenvalue weighted by Gasteiger charge is -2.21. The summed E-state index contributed by atoms with van der Waals surface area (Å²) >= 11 is 0. The first-order valence-electron chi connectivity index (χ1n) is 8.46. The molecule has 25 heavy (non-hydrogen) atoms. The lowest BCUT2D eigenvalue weighted by atomic mass is 9.90. The van der Waals surface area contributed by atoms with E-state index in [0.29, 0.717) is 12.8 Å². The highest BCUT2D eigenvalue weighted by Crippen LogP contribution is 2.21. The van der Waals surface area contributed by atoms with Crippen molar-refractivity contribution in [3.05, 3.63) is 65.7 Å². The van der Waals surface area contributed by atoms with Crippen molar-refractivity contribution in [3.8, 4) is 0 Å². The molecule has 3 rings (SSSR count). The van der Waals surface area contributed by atoms with Crippen LogP contribution in [-0.4, -0.2) is 17.5 Å². The third kappa shape index (κ3) is 4.32. The summed E-state index contributed by atoms with van der Waals surface area (Å²) in [5.74, 6) is 0.0420. The van der Waals surface area contributed by atoms with E-state index in [0.717, 1.165) is 28.9 Å². The summed E-state index contributed by atoms with van der Waals surface area (Å²) in [6, 6.07) is 17.2. The molecule has 5 nitrogen and oxygen atoms in total. The summed E-state index contributed by atoms with van der Waals surface area (Å²) in [5, 5.41) is 7.11. The van der Waals surface area contributed by atoms with Gasteiger partial charge in [-0.25, -0.2) is 5.43 Å². The Morgan fingerprint density at radius 2 is 1.88 bits per heavy atom. The molecule has 0 aromatic heterocycles. The highest BCUT2D eigenvalue weighted by molar-refractivity contribution is 6.06. The van der Waals surface area contributed by atoms with Crippen LogP contribution in [0.3, 0.4) is 0 Å². The van der Waals surface area contributed by atoms with Crippen molar-refractivity contribution < 1.29 is 9.59 Å². The zero-order valence-corrected chi connectivity index (χ0v) is 14.2. The van der Waals surface area contributed by atoms with Gasteiger partial charge in [-0.1, -0.05) is 49.4 Å². The minimum Gasteiger partial charge on any atom is -0.326 e. The predicted molar refractivity (Wildman–Crippen MR) is 98.3 cm³/mol. The van der Waals surface area contributed by atoms with E-state index >= 15 is 0 Å². The summed E-state index contributed by atoms with van der Waals surface area (Å²) in [4.78, 5) is 23.6. The molecule has 0 radical (unpaired) electrons. The van der Waals surface area contributed by atoms with Crippen LogP contribution in [-0.2, 0) is 16.0 Å². The van der Waals surface area contributed by atoms with Crippen LogP contribution in [0.15, 0.2) is 59.7 Å². The topological polar surface area (TPSA) is 70.6 Å². The van der Waals surface area contributed by atoms with E-state index in [1.807, 2.05) is 54.6 Å². The molecule has 5 heteroatoms. The monoisotopic (exact) mass is 335 g/mol. The molecular weight excluding hydrogens is 314 g/mol. The van der Waals surface area contributed by atoms with Gasteiger partial charge in [0.15, 0.2) is 0 Å². The number of hydrazone groups is 1. The Hall–Kier alpha value is -2.95. The van der Waals surface area contributed by atoms with Crippen molar-refractivity contribution in [1.82, 2.24) is 5.43 Å². The van der Waals surface area contributed by atoms with E-state index in [4.69, 9.17) is 0 Å². The van der Waals surface area contributed by atoms with Crippen molar-refractivity contribution in [2.75, 3.05) is 5.32 Å². The number of benzene rings is 2. The van der Waals surface area contributed by atoms with E-state index in [2.05, 4.69) is 22.8 Å². The fraction of sp³-hybridized carbons (Fsp3) is 0.250. The van der Waals surface area contributed by atoms with Gasteiger partial charge in [0.25, 0.3) is 0 Å². The van der Waals surface area contributed by atoms with Crippen molar-refractivity contribution >= 4 is 23.2 Å². The molecule has 0 aliphatic carbocycles. The molecular formula is C20H21N3O2. The maximum Gasteiger partial charge on any atom is 0.240 e. The molecule has 0 fully saturated rings. The molecule has 2 aromatic rings. The van der Waals surface area contributed by atoms with Crippen molar-refractivity contribution in [1.29, 1.82) is 0 Å². The highest BCUT2D eigenvalue weighted by Gasteiger charge is 2.23. The molecule has 0 bridgehead atoms. The van der Waals surface area contributed by atoms with Gasteiger partial charge in [0.1, 0.15) is 0 Å². The van der Waals surface area contributed by atoms with Crippen molar-refractivity contribution in [2.24, 2.45) is 11.0 Å². The van der Waals surface area contributed by atoms with E-state index in [1.165, 1.54) is 0 Å². The van der Waals surface area contributed by atoms with Crippen LogP contribution in [0.1, 0.15) is 30.9 Å². The smallest absolute Gasteiger partial charge is 0.240 e. The molecule has 0 spiro atoms. The number of hydrogen-bond acceptors (Lipinski definition) is 3. The molecule has 0 saturated carbocycles. The van der Waals surface area contributed by atoms with Crippen molar-refractivity contribution in [2.45, 2.75) is 26.2 Å². The Kier molecular flexibility index (Phi) is 5.23. The Balaban J connectivity index is 1.66. The van der Waals surface area contributed by atoms with Gasteiger partial charge in [-0.05, 0) is 29.7 Å². The second-order valence-corrected chi connectivity index (χ2v) is 6.13. The molecule has 0 saturated heterocycles. The number of rotatable bonds is 5. The first-order chi connectivity index (χ1) is 12.2. The zero-order valence-electron chi connectivity index (χ0n) is 14.2. The number of nitrogens with one attached hydrogen (secondary N) is 2. The van der Waals surface area contributed by atoms with Gasteiger partial charge < -0.3 is 5.32 Å². The average Bonchev–Trinajstić information content (AvgIpc) is 2.63. The van der Waals surface area contributed by atoms with Crippen LogP contribution in [0.2, 0.25) is 0 Å². The maximum absolute atomic E-state index is 12.1. The summed E-state index contributed by atoms with van der Waals surface area (Å²) < 4.78 is 0. The fourth-order valence-electron chi connectivity index (χ4n) is 2.93. The molecule has 128 valence electrons. The van der Waals surface area contributed by atoms with E-state index in [9.17, 15) is 9.59 Å². The van der Waals surface area contributed by atoms with Crippen LogP contribution in [0.4, 0.5) is 5.69 Å². The second kappa shape index (κ2) is 7.75. The third-order valence-corrected chi connectivity index (χ3v) is 4.28. The molecule has 2 aromatic carbocycles. The zero-order chi connectivity index (χ0) is 17.6. The Bertz CT molecular complexity index is 782. The van der Waals surface area contributed by atoms with Gasteiger partial charge in [0.05, 0.1) is 12.1 Å². The molecule has 1 heterocycles. The number of nitrogens with zero attached hydrogens (tertiary/aromatic N) is 1. The summed E-state index contributed by atoms with van der Waals surface area (Å²) in [7, 11) is 0. The standard InChI is InChI=1S/C20H21N3O2/c1-2-15-13-19(25)22-23-20(15)16-8-10-17(11-9-16)21-18(24)12-14-6-4-3-5-7-14/h3-11,15H,2,12-13H2,1H3,(H,21,24)(H,22,25). The molecule has 1 aliphatic rings. The number of amides is 2. The second-order valence-electron chi connectivity index (χ2n) is 6.13. The van der Waals surface area contributed by atoms with E-state index in [-0.39, 0.29) is 17.7 Å². The molecule has 1 unspecified atom stereocenters. The number of anilines is 1. The van der Waals surface area contributed by atoms with Crippen LogP contribution in [0, 0.1) is 5.92 Å². The van der Waals surface area contributed by atoms with Gasteiger partial charge in [-0.15, -0.1) is 0 Å². The molecule has 1 aliphatic heterocycles. The van der Waals surface area contributed by atoms with E-state index in [1.54, 1.807) is 0 Å². The van der Waals surface area contributed by atoms with Gasteiger partial charge in [-0.3, -0.25) is 9.59 Å². The van der Waals surface area contributed by atoms with Crippen LogP contribution < -0.4 is 10.7 Å². The quantitative estimate of drug-likeness (QED) is 0.881. The minimum absolute atomic E-state index is 0.0413. The van der Waals surface area contributed by atoms with Crippen molar-refractivity contribution in [3.63, 3.8) is 0 Å². The lowest BCUT2D eigenvalue weighted by Crippen LogP contribution is -2.33. The summed E-state index contributed by atoms with van der Waals surface area (Å²) in [5.41, 5.74) is 6.14. The first-order valence-corrected chi connectivity index (χ1v) is 8.46. The number of hydrogen-bond donors (Lipinski definition) is 2. The maximum atomic E-state index is 12.1. The Morgan fingerprint density at radius 1 is 1.16 bits per heavy atom. The fourth-order valence-corrected chi connectivity index (χ4v) is 2.93. The predicted octanol–water partition coefficient (Wildman–Crippen LogP) is 3.12. The Morgan fingerprint density at radius 3 is 2.56 bits per heavy atom. The highest BCUT2D eigenvalue weighted by atomic mass is 16.2. The van der Waals surface area contributed by atoms with Gasteiger partial charge in [-0.2, -0.15) is 5.10 Å². The average molecular weight is 335 g/mol. The van der Waals surface area contributed by atoms with Gasteiger partial charge in [0, 0.05) is 18.0 Å². The van der Waals surface area contributed by atoms with Crippen LogP contribution >= 0.6 is 0 Å². The van der Waals surface area contributed by atoms with Crippen LogP contribution in [0.5, 0.6) is 0 Å². The molecule has 2 amide bonds. The normalized spacial score (nSPS) is 16.8. The largest absolute Gasteiger partial charge is 0.326 e. The number of carbonyl (C=O) groups is 2. The van der Waals surface area contributed by atoms with Crippen LogP contribution in [0.25, 0.3) is 0 Å².